The lowest BCUT2D eigenvalue weighted by molar-refractivity contribution is -0.142. The van der Waals surface area contributed by atoms with Crippen molar-refractivity contribution in [2.24, 2.45) is 9.63 Å². The van der Waals surface area contributed by atoms with Gasteiger partial charge >= 0.3 is 12.1 Å². The van der Waals surface area contributed by atoms with E-state index in [0.717, 1.165) is 10.5 Å². The van der Waals surface area contributed by atoms with E-state index in [1.807, 2.05) is 6.92 Å². The van der Waals surface area contributed by atoms with Crippen LogP contribution in [0.15, 0.2) is 38.8 Å². The number of sulfonamides is 1. The average molecular weight is 426 g/mol. The van der Waals surface area contributed by atoms with Gasteiger partial charge in [-0.3, -0.25) is 10.2 Å². The molecule has 11 heteroatoms. The minimum Gasteiger partial charge on any atom is -0.480 e. The van der Waals surface area contributed by atoms with Crippen LogP contribution in [0.25, 0.3) is 0 Å². The molecule has 1 amide bonds. The SMILES string of the molecule is Cc1ccc(S(=O)(=O)N=NCN[C@H]2C[C@H](C(=O)O)N(C(=O)OC(C)(C)C)C2)cc1. The fourth-order valence-corrected chi connectivity index (χ4v) is 3.56. The first kappa shape index (κ1) is 22.8. The van der Waals surface area contributed by atoms with Crippen molar-refractivity contribution in [2.75, 3.05) is 13.2 Å². The number of amides is 1. The van der Waals surface area contributed by atoms with Gasteiger partial charge in [-0.1, -0.05) is 22.2 Å². The van der Waals surface area contributed by atoms with Crippen LogP contribution in [0.2, 0.25) is 0 Å². The van der Waals surface area contributed by atoms with Gasteiger partial charge in [0.2, 0.25) is 0 Å². The molecule has 2 atom stereocenters. The third kappa shape index (κ3) is 6.50. The Labute approximate surface area is 170 Å². The lowest BCUT2D eigenvalue weighted by atomic mass is 10.2. The van der Waals surface area contributed by atoms with Gasteiger partial charge in [0.25, 0.3) is 10.0 Å². The molecule has 1 aliphatic rings. The van der Waals surface area contributed by atoms with Crippen LogP contribution >= 0.6 is 0 Å². The van der Waals surface area contributed by atoms with Crippen LogP contribution in [-0.2, 0) is 19.6 Å². The maximum Gasteiger partial charge on any atom is 0.411 e. The Morgan fingerprint density at radius 2 is 1.90 bits per heavy atom. The zero-order valence-electron chi connectivity index (χ0n) is 16.8. The Kier molecular flexibility index (Phi) is 6.96. The molecule has 1 fully saturated rings. The molecule has 0 aromatic heterocycles. The van der Waals surface area contributed by atoms with E-state index in [4.69, 9.17) is 4.74 Å². The molecule has 1 saturated heterocycles. The largest absolute Gasteiger partial charge is 0.480 e. The van der Waals surface area contributed by atoms with E-state index in [0.29, 0.717) is 0 Å². The van der Waals surface area contributed by atoms with Crippen LogP contribution in [0.1, 0.15) is 32.8 Å². The van der Waals surface area contributed by atoms with Crippen LogP contribution in [0.4, 0.5) is 4.79 Å². The lowest BCUT2D eigenvalue weighted by Crippen LogP contribution is -2.43. The number of hydrogen-bond donors (Lipinski definition) is 2. The van der Waals surface area contributed by atoms with Crippen molar-refractivity contribution in [3.8, 4) is 0 Å². The second-order valence-corrected chi connectivity index (χ2v) is 9.38. The first-order valence-corrected chi connectivity index (χ1v) is 10.5. The Morgan fingerprint density at radius 1 is 1.28 bits per heavy atom. The highest BCUT2D eigenvalue weighted by Crippen LogP contribution is 2.22. The number of likely N-dealkylation sites (tertiary alicyclic amines) is 1. The van der Waals surface area contributed by atoms with Gasteiger partial charge < -0.3 is 9.84 Å². The average Bonchev–Trinajstić information content (AvgIpc) is 3.02. The topological polar surface area (TPSA) is 138 Å². The van der Waals surface area contributed by atoms with E-state index in [1.54, 1.807) is 32.9 Å². The van der Waals surface area contributed by atoms with Crippen molar-refractivity contribution in [3.05, 3.63) is 29.8 Å². The minimum atomic E-state index is -3.90. The van der Waals surface area contributed by atoms with Crippen molar-refractivity contribution >= 4 is 22.1 Å². The van der Waals surface area contributed by atoms with E-state index in [-0.39, 0.29) is 30.6 Å². The van der Waals surface area contributed by atoms with Crippen LogP contribution < -0.4 is 5.32 Å². The highest BCUT2D eigenvalue weighted by atomic mass is 32.2. The maximum absolute atomic E-state index is 12.3. The molecule has 1 aliphatic heterocycles. The summed E-state index contributed by atoms with van der Waals surface area (Å²) in [7, 11) is -3.90. The van der Waals surface area contributed by atoms with Gasteiger partial charge in [-0.25, -0.2) is 9.59 Å². The van der Waals surface area contributed by atoms with Crippen LogP contribution in [-0.4, -0.2) is 61.4 Å². The molecule has 0 radical (unpaired) electrons. The van der Waals surface area contributed by atoms with E-state index in [1.165, 1.54) is 12.1 Å². The number of aliphatic carboxylic acids is 1. The summed E-state index contributed by atoms with van der Waals surface area (Å²) in [5.74, 6) is -1.14. The predicted octanol–water partition coefficient (Wildman–Crippen LogP) is 2.15. The monoisotopic (exact) mass is 426 g/mol. The normalized spacial score (nSPS) is 20.2. The van der Waals surface area contributed by atoms with Crippen molar-refractivity contribution in [2.45, 2.75) is 56.7 Å². The summed E-state index contributed by atoms with van der Waals surface area (Å²) < 4.78 is 32.9. The summed E-state index contributed by atoms with van der Waals surface area (Å²) in [5.41, 5.74) is 0.177. The zero-order valence-corrected chi connectivity index (χ0v) is 17.6. The first-order valence-electron chi connectivity index (χ1n) is 9.05. The van der Waals surface area contributed by atoms with Gasteiger partial charge in [-0.15, -0.1) is 0 Å². The van der Waals surface area contributed by atoms with E-state index < -0.39 is 33.7 Å². The van der Waals surface area contributed by atoms with E-state index in [9.17, 15) is 23.1 Å². The number of carboxylic acid groups (broad SMARTS) is 1. The molecule has 0 saturated carbocycles. The molecule has 0 unspecified atom stereocenters. The maximum atomic E-state index is 12.3. The molecule has 2 rings (SSSR count). The van der Waals surface area contributed by atoms with Crippen molar-refractivity contribution in [1.82, 2.24) is 10.2 Å². The Balaban J connectivity index is 1.95. The third-order valence-electron chi connectivity index (χ3n) is 4.15. The standard InChI is InChI=1S/C18H26N4O6S/c1-12-5-7-14(8-6-12)29(26,27)21-20-11-19-13-9-15(16(23)24)22(10-13)17(25)28-18(2,3)4/h5-8,13,15,19H,9-11H2,1-4H3,(H,23,24)/t13-,15+/m0/s1. The first-order chi connectivity index (χ1) is 13.4. The van der Waals surface area contributed by atoms with Crippen molar-refractivity contribution in [3.63, 3.8) is 0 Å². The van der Waals surface area contributed by atoms with Gasteiger partial charge in [0, 0.05) is 12.6 Å². The molecule has 0 bridgehead atoms. The quantitative estimate of drug-likeness (QED) is 0.665. The second kappa shape index (κ2) is 8.87. The van der Waals surface area contributed by atoms with Gasteiger partial charge in [-0.05, 0) is 46.2 Å². The fraction of sp³-hybridized carbons (Fsp3) is 0.556. The van der Waals surface area contributed by atoms with Crippen molar-refractivity contribution in [1.29, 1.82) is 0 Å². The highest BCUT2D eigenvalue weighted by Gasteiger charge is 2.41. The van der Waals surface area contributed by atoms with Crippen LogP contribution in [0.3, 0.4) is 0 Å². The summed E-state index contributed by atoms with van der Waals surface area (Å²) in [5, 5.41) is 15.9. The Hall–Kier alpha value is -2.53. The molecule has 0 aliphatic carbocycles. The van der Waals surface area contributed by atoms with E-state index >= 15 is 0 Å². The van der Waals surface area contributed by atoms with E-state index in [2.05, 4.69) is 15.0 Å². The molecule has 1 heterocycles. The molecule has 1 aromatic carbocycles. The molecule has 160 valence electrons. The number of hydrogen-bond acceptors (Lipinski definition) is 7. The number of carboxylic acids is 1. The number of nitrogens with one attached hydrogen (secondary N) is 1. The number of carbonyl (C=O) groups excluding carboxylic acids is 1. The third-order valence-corrected chi connectivity index (χ3v) is 5.35. The van der Waals surface area contributed by atoms with Crippen molar-refractivity contribution < 1.29 is 27.9 Å². The number of aryl methyl sites for hydroxylation is 1. The molecule has 10 nitrogen and oxygen atoms in total. The van der Waals surface area contributed by atoms with Crippen LogP contribution in [0, 0.1) is 6.92 Å². The molecule has 0 spiro atoms. The van der Waals surface area contributed by atoms with Gasteiger partial charge in [0.15, 0.2) is 0 Å². The number of ether oxygens (including phenoxy) is 1. The Morgan fingerprint density at radius 3 is 2.45 bits per heavy atom. The lowest BCUT2D eigenvalue weighted by Gasteiger charge is -2.26. The predicted molar refractivity (Wildman–Crippen MR) is 104 cm³/mol. The minimum absolute atomic E-state index is 0.0368. The Bertz CT molecular complexity index is 877. The zero-order chi connectivity index (χ0) is 21.8. The second-order valence-electron chi connectivity index (χ2n) is 7.79. The smallest absolute Gasteiger partial charge is 0.411 e. The summed E-state index contributed by atoms with van der Waals surface area (Å²) in [6.45, 7) is 6.90. The molecule has 1 aromatic rings. The summed E-state index contributed by atoms with van der Waals surface area (Å²) >= 11 is 0. The molecular formula is C18H26N4O6S. The highest BCUT2D eigenvalue weighted by molar-refractivity contribution is 7.90. The number of benzene rings is 1. The van der Waals surface area contributed by atoms with Gasteiger partial charge in [0.1, 0.15) is 18.3 Å². The molecular weight excluding hydrogens is 400 g/mol. The summed E-state index contributed by atoms with van der Waals surface area (Å²) in [6, 6.07) is 4.81. The molecule has 2 N–H and O–H groups in total. The number of carbonyl (C=O) groups is 2. The van der Waals surface area contributed by atoms with Crippen LogP contribution in [0.5, 0.6) is 0 Å². The number of rotatable bonds is 6. The fourth-order valence-electron chi connectivity index (χ4n) is 2.77. The van der Waals surface area contributed by atoms with Gasteiger partial charge in [-0.2, -0.15) is 13.5 Å². The number of nitrogens with zero attached hydrogens (tertiary/aromatic N) is 3. The summed E-state index contributed by atoms with van der Waals surface area (Å²) in [4.78, 5) is 24.9. The summed E-state index contributed by atoms with van der Waals surface area (Å²) in [6.07, 6.45) is -0.563. The molecule has 29 heavy (non-hydrogen) atoms. The van der Waals surface area contributed by atoms with Gasteiger partial charge in [0.05, 0.1) is 4.90 Å².